The highest BCUT2D eigenvalue weighted by Crippen LogP contribution is 2.70. The van der Waals surface area contributed by atoms with Crippen molar-refractivity contribution in [1.82, 2.24) is 5.32 Å². The first-order chi connectivity index (χ1) is 7.43. The highest BCUT2D eigenvalue weighted by Gasteiger charge is 2.67. The Kier molecular flexibility index (Phi) is 3.11. The lowest BCUT2D eigenvalue weighted by molar-refractivity contribution is 0.191. The van der Waals surface area contributed by atoms with Crippen molar-refractivity contribution in [2.75, 3.05) is 6.54 Å². The molecule has 1 heteroatoms. The summed E-state index contributed by atoms with van der Waals surface area (Å²) in [6, 6.07) is 0.790. The lowest BCUT2D eigenvalue weighted by atomic mass is 9.76. The van der Waals surface area contributed by atoms with E-state index >= 15 is 0 Å². The molecule has 0 spiro atoms. The molecule has 0 heterocycles. The minimum absolute atomic E-state index is 0.536. The second kappa shape index (κ2) is 4.01. The maximum Gasteiger partial charge on any atom is 0.0134 e. The van der Waals surface area contributed by atoms with Crippen LogP contribution >= 0.6 is 0 Å². The summed E-state index contributed by atoms with van der Waals surface area (Å²) in [5.41, 5.74) is 1.07. The first-order valence-corrected chi connectivity index (χ1v) is 7.16. The van der Waals surface area contributed by atoms with Crippen LogP contribution in [0.15, 0.2) is 0 Å². The van der Waals surface area contributed by atoms with Crippen molar-refractivity contribution >= 4 is 0 Å². The van der Waals surface area contributed by atoms with Crippen LogP contribution in [0.3, 0.4) is 0 Å². The average molecular weight is 223 g/mol. The third-order valence-electron chi connectivity index (χ3n) is 5.78. The fraction of sp³-hybridized carbons (Fsp3) is 1.00. The topological polar surface area (TPSA) is 12.0 Å². The first kappa shape index (κ1) is 12.4. The molecule has 2 aliphatic carbocycles. The maximum atomic E-state index is 3.84. The van der Waals surface area contributed by atoms with E-state index in [4.69, 9.17) is 0 Å². The number of rotatable bonds is 5. The highest BCUT2D eigenvalue weighted by molar-refractivity contribution is 5.17. The van der Waals surface area contributed by atoms with E-state index in [2.05, 4.69) is 39.9 Å². The van der Waals surface area contributed by atoms with Crippen molar-refractivity contribution in [2.45, 2.75) is 66.3 Å². The molecule has 0 aromatic heterocycles. The molecule has 1 atom stereocenters. The molecule has 0 aromatic rings. The van der Waals surface area contributed by atoms with Gasteiger partial charge in [-0.25, -0.2) is 0 Å². The van der Waals surface area contributed by atoms with Crippen LogP contribution in [0, 0.1) is 22.7 Å². The molecule has 0 saturated heterocycles. The van der Waals surface area contributed by atoms with Crippen LogP contribution in [0.2, 0.25) is 0 Å². The molecule has 16 heavy (non-hydrogen) atoms. The van der Waals surface area contributed by atoms with Crippen molar-refractivity contribution in [1.29, 1.82) is 0 Å². The van der Waals surface area contributed by atoms with Gasteiger partial charge in [0.1, 0.15) is 0 Å². The van der Waals surface area contributed by atoms with Gasteiger partial charge in [0.25, 0.3) is 0 Å². The molecule has 2 aliphatic rings. The van der Waals surface area contributed by atoms with Gasteiger partial charge in [0.05, 0.1) is 0 Å². The van der Waals surface area contributed by atoms with Crippen LogP contribution in [0.1, 0.15) is 60.3 Å². The largest absolute Gasteiger partial charge is 0.313 e. The summed E-state index contributed by atoms with van der Waals surface area (Å²) in [6.45, 7) is 13.3. The van der Waals surface area contributed by atoms with Gasteiger partial charge < -0.3 is 5.32 Å². The van der Waals surface area contributed by atoms with Gasteiger partial charge in [0, 0.05) is 6.04 Å². The molecule has 2 saturated carbocycles. The summed E-state index contributed by atoms with van der Waals surface area (Å²) >= 11 is 0. The smallest absolute Gasteiger partial charge is 0.0134 e. The van der Waals surface area contributed by atoms with Crippen molar-refractivity contribution in [3.8, 4) is 0 Å². The second-order valence-corrected chi connectivity index (χ2v) is 7.09. The third kappa shape index (κ3) is 1.72. The molecular formula is C15H29N. The van der Waals surface area contributed by atoms with Gasteiger partial charge in [-0.2, -0.15) is 0 Å². The van der Waals surface area contributed by atoms with Crippen LogP contribution in [0.4, 0.5) is 0 Å². The van der Waals surface area contributed by atoms with Crippen molar-refractivity contribution in [3.05, 3.63) is 0 Å². The van der Waals surface area contributed by atoms with Gasteiger partial charge in [-0.15, -0.1) is 0 Å². The van der Waals surface area contributed by atoms with E-state index in [1.165, 1.54) is 32.2 Å². The van der Waals surface area contributed by atoms with Crippen LogP contribution in [-0.4, -0.2) is 12.6 Å². The van der Waals surface area contributed by atoms with Crippen molar-refractivity contribution in [3.63, 3.8) is 0 Å². The van der Waals surface area contributed by atoms with Crippen LogP contribution in [-0.2, 0) is 0 Å². The maximum absolute atomic E-state index is 3.84. The van der Waals surface area contributed by atoms with Gasteiger partial charge in [-0.05, 0) is 48.5 Å². The number of hydrogen-bond donors (Lipinski definition) is 1. The second-order valence-electron chi connectivity index (χ2n) is 7.09. The Morgan fingerprint density at radius 2 is 1.69 bits per heavy atom. The lowest BCUT2D eigenvalue weighted by Crippen LogP contribution is -2.43. The highest BCUT2D eigenvalue weighted by atomic mass is 15.0. The van der Waals surface area contributed by atoms with E-state index in [0.717, 1.165) is 17.9 Å². The quantitative estimate of drug-likeness (QED) is 0.747. The summed E-state index contributed by atoms with van der Waals surface area (Å²) in [6.07, 6.45) is 5.65. The Morgan fingerprint density at radius 1 is 1.12 bits per heavy atom. The fourth-order valence-electron chi connectivity index (χ4n) is 3.81. The predicted octanol–water partition coefficient (Wildman–Crippen LogP) is 3.84. The van der Waals surface area contributed by atoms with E-state index in [1.54, 1.807) is 0 Å². The fourth-order valence-corrected chi connectivity index (χ4v) is 3.81. The number of nitrogens with one attached hydrogen (secondary N) is 1. The van der Waals surface area contributed by atoms with E-state index < -0.39 is 0 Å². The number of hydrogen-bond acceptors (Lipinski definition) is 1. The normalized spacial score (nSPS) is 29.8. The van der Waals surface area contributed by atoms with Gasteiger partial charge in [0.15, 0.2) is 0 Å². The summed E-state index contributed by atoms with van der Waals surface area (Å²) in [5.74, 6) is 1.86. The SMILES string of the molecule is CCCNC(C1CCC1)C1C(C)(C)C1(C)C. The van der Waals surface area contributed by atoms with Gasteiger partial charge >= 0.3 is 0 Å². The van der Waals surface area contributed by atoms with E-state index in [-0.39, 0.29) is 0 Å². The Labute approximate surface area is 101 Å². The van der Waals surface area contributed by atoms with Gasteiger partial charge in [0.2, 0.25) is 0 Å². The average Bonchev–Trinajstić information content (AvgIpc) is 2.49. The monoisotopic (exact) mass is 223 g/mol. The molecule has 1 N–H and O–H groups in total. The molecule has 0 aliphatic heterocycles. The van der Waals surface area contributed by atoms with Gasteiger partial charge in [-0.1, -0.05) is 41.0 Å². The van der Waals surface area contributed by atoms with E-state index in [0.29, 0.717) is 10.8 Å². The predicted molar refractivity (Wildman–Crippen MR) is 70.5 cm³/mol. The zero-order valence-corrected chi connectivity index (χ0v) is 11.8. The van der Waals surface area contributed by atoms with Crippen LogP contribution in [0.25, 0.3) is 0 Å². The summed E-state index contributed by atoms with van der Waals surface area (Å²) < 4.78 is 0. The van der Waals surface area contributed by atoms with Crippen LogP contribution in [0.5, 0.6) is 0 Å². The summed E-state index contributed by atoms with van der Waals surface area (Å²) in [4.78, 5) is 0. The Balaban J connectivity index is 2.02. The van der Waals surface area contributed by atoms with Crippen LogP contribution < -0.4 is 5.32 Å². The van der Waals surface area contributed by atoms with Crippen molar-refractivity contribution < 1.29 is 0 Å². The molecule has 2 rings (SSSR count). The minimum Gasteiger partial charge on any atom is -0.313 e. The molecule has 0 bridgehead atoms. The third-order valence-corrected chi connectivity index (χ3v) is 5.78. The minimum atomic E-state index is 0.536. The lowest BCUT2D eigenvalue weighted by Gasteiger charge is -2.36. The zero-order chi connectivity index (χ0) is 12.0. The molecule has 1 unspecified atom stereocenters. The Bertz CT molecular complexity index is 236. The zero-order valence-electron chi connectivity index (χ0n) is 11.8. The Hall–Kier alpha value is -0.0400. The van der Waals surface area contributed by atoms with E-state index in [1.807, 2.05) is 0 Å². The molecular weight excluding hydrogens is 194 g/mol. The molecule has 2 fully saturated rings. The summed E-state index contributed by atoms with van der Waals surface area (Å²) in [5, 5.41) is 3.84. The standard InChI is InChI=1S/C15H29N/c1-6-10-16-12(11-8-7-9-11)13-14(2,3)15(13,4)5/h11-13,16H,6-10H2,1-5H3. The van der Waals surface area contributed by atoms with Crippen molar-refractivity contribution in [2.24, 2.45) is 22.7 Å². The molecule has 1 nitrogen and oxygen atoms in total. The molecule has 0 amide bonds. The summed E-state index contributed by atoms with van der Waals surface area (Å²) in [7, 11) is 0. The molecule has 0 radical (unpaired) electrons. The van der Waals surface area contributed by atoms with Gasteiger partial charge in [-0.3, -0.25) is 0 Å². The Morgan fingerprint density at radius 3 is 2.00 bits per heavy atom. The first-order valence-electron chi connectivity index (χ1n) is 7.16. The molecule has 0 aromatic carbocycles. The molecule has 94 valence electrons. The van der Waals surface area contributed by atoms with E-state index in [9.17, 15) is 0 Å².